The molecule has 0 spiro atoms. The van der Waals surface area contributed by atoms with Crippen LogP contribution in [0.2, 0.25) is 0 Å². The zero-order valence-corrected chi connectivity index (χ0v) is 18.1. The summed E-state index contributed by atoms with van der Waals surface area (Å²) in [7, 11) is 0. The number of rotatable bonds is 6. The molecule has 0 bridgehead atoms. The van der Waals surface area contributed by atoms with Crippen LogP contribution < -0.4 is 15.8 Å². The molecule has 1 fully saturated rings. The predicted molar refractivity (Wildman–Crippen MR) is 127 cm³/mol. The minimum atomic E-state index is -0.0382. The van der Waals surface area contributed by atoms with Gasteiger partial charge < -0.3 is 20.7 Å². The van der Waals surface area contributed by atoms with Gasteiger partial charge in [-0.05, 0) is 60.9 Å². The number of piperidine rings is 1. The molecule has 0 saturated carbocycles. The van der Waals surface area contributed by atoms with E-state index < -0.39 is 0 Å². The second kappa shape index (κ2) is 9.83. The maximum atomic E-state index is 11.8. The molecular weight excluding hydrogens is 416 g/mol. The highest BCUT2D eigenvalue weighted by Gasteiger charge is 2.23. The lowest BCUT2D eigenvalue weighted by Crippen LogP contribution is -2.41. The summed E-state index contributed by atoms with van der Waals surface area (Å²) in [6, 6.07) is 16.7. The lowest BCUT2D eigenvalue weighted by Gasteiger charge is -2.32. The third kappa shape index (κ3) is 5.10. The van der Waals surface area contributed by atoms with E-state index in [0.29, 0.717) is 41.8 Å². The average molecular weight is 441 g/mol. The molecular formula is C25H24N6O2. The summed E-state index contributed by atoms with van der Waals surface area (Å²) < 4.78 is 5.86. The Hall–Kier alpha value is -4.38. The largest absolute Gasteiger partial charge is 0.457 e. The second-order valence-corrected chi connectivity index (χ2v) is 7.69. The molecule has 0 aliphatic carbocycles. The number of nitrogens with one attached hydrogen (secondary N) is 1. The lowest BCUT2D eigenvalue weighted by atomic mass is 10.0. The molecule has 8 nitrogen and oxygen atoms in total. The van der Waals surface area contributed by atoms with Crippen LogP contribution in [0.5, 0.6) is 11.5 Å². The zero-order valence-electron chi connectivity index (χ0n) is 18.1. The van der Waals surface area contributed by atoms with E-state index in [1.54, 1.807) is 29.2 Å². The highest BCUT2D eigenvalue weighted by molar-refractivity contribution is 5.87. The third-order valence-corrected chi connectivity index (χ3v) is 5.56. The van der Waals surface area contributed by atoms with E-state index in [1.807, 2.05) is 24.3 Å². The van der Waals surface area contributed by atoms with Crippen molar-refractivity contribution in [3.63, 3.8) is 0 Å². The normalized spacial score (nSPS) is 13.7. The van der Waals surface area contributed by atoms with Crippen LogP contribution in [0.15, 0.2) is 67.5 Å². The fraction of sp³-hybridized carbons (Fsp3) is 0.200. The third-order valence-electron chi connectivity index (χ3n) is 5.56. The molecule has 166 valence electrons. The Bertz CT molecular complexity index is 1180. The average Bonchev–Trinajstić information content (AvgIpc) is 2.85. The van der Waals surface area contributed by atoms with Crippen molar-refractivity contribution < 1.29 is 9.53 Å². The first-order valence-corrected chi connectivity index (χ1v) is 10.6. The van der Waals surface area contributed by atoms with Gasteiger partial charge in [0.1, 0.15) is 29.5 Å². The molecule has 3 aromatic rings. The fourth-order valence-corrected chi connectivity index (χ4v) is 3.78. The molecule has 0 atom stereocenters. The van der Waals surface area contributed by atoms with Crippen molar-refractivity contribution >= 4 is 17.5 Å². The molecule has 1 aliphatic rings. The summed E-state index contributed by atoms with van der Waals surface area (Å²) >= 11 is 0. The second-order valence-electron chi connectivity index (χ2n) is 7.69. The molecule has 33 heavy (non-hydrogen) atoms. The van der Waals surface area contributed by atoms with Crippen molar-refractivity contribution in [3.8, 4) is 28.7 Å². The number of nitrogen functional groups attached to an aromatic ring is 1. The highest BCUT2D eigenvalue weighted by Crippen LogP contribution is 2.33. The van der Waals surface area contributed by atoms with Gasteiger partial charge in [-0.3, -0.25) is 4.79 Å². The quantitative estimate of drug-likeness (QED) is 0.557. The van der Waals surface area contributed by atoms with Gasteiger partial charge in [-0.1, -0.05) is 18.7 Å². The number of likely N-dealkylation sites (tertiary alicyclic amines) is 1. The molecule has 2 aromatic carbocycles. The SMILES string of the molecule is C=CC(=O)N1CCC(Nc2ncnc(N)c2-c2ccc(Oc3ccc(C#N)cc3)cc2)CC1. The first-order valence-electron chi connectivity index (χ1n) is 10.6. The van der Waals surface area contributed by atoms with E-state index in [4.69, 9.17) is 15.7 Å². The summed E-state index contributed by atoms with van der Waals surface area (Å²) in [5.41, 5.74) is 8.39. The van der Waals surface area contributed by atoms with E-state index in [0.717, 1.165) is 24.0 Å². The highest BCUT2D eigenvalue weighted by atomic mass is 16.5. The van der Waals surface area contributed by atoms with Gasteiger partial charge in [-0.2, -0.15) is 5.26 Å². The molecule has 2 heterocycles. The van der Waals surface area contributed by atoms with Crippen LogP contribution in [0, 0.1) is 11.3 Å². The van der Waals surface area contributed by atoms with Crippen molar-refractivity contribution in [3.05, 3.63) is 73.1 Å². The number of carbonyl (C=O) groups excluding carboxylic acids is 1. The molecule has 0 unspecified atom stereocenters. The number of nitrogens with zero attached hydrogens (tertiary/aromatic N) is 4. The standard InChI is InChI=1S/C25H24N6O2/c1-2-22(32)31-13-11-19(12-14-31)30-25-23(24(27)28-16-29-25)18-5-9-21(10-6-18)33-20-7-3-17(15-26)4-8-20/h2-10,16,19H,1,11-14H2,(H3,27,28,29,30). The van der Waals surface area contributed by atoms with Crippen molar-refractivity contribution in [2.45, 2.75) is 18.9 Å². The molecule has 3 N–H and O–H groups in total. The lowest BCUT2D eigenvalue weighted by molar-refractivity contribution is -0.126. The first-order chi connectivity index (χ1) is 16.1. The summed E-state index contributed by atoms with van der Waals surface area (Å²) in [6.07, 6.45) is 4.41. The number of aromatic nitrogens is 2. The summed E-state index contributed by atoms with van der Waals surface area (Å²) in [5.74, 6) is 2.31. The first kappa shape index (κ1) is 21.8. The molecule has 1 aliphatic heterocycles. The van der Waals surface area contributed by atoms with Crippen molar-refractivity contribution in [1.29, 1.82) is 5.26 Å². The van der Waals surface area contributed by atoms with Crippen LogP contribution in [0.1, 0.15) is 18.4 Å². The van der Waals surface area contributed by atoms with Crippen molar-refractivity contribution in [2.24, 2.45) is 0 Å². The minimum absolute atomic E-state index is 0.0382. The van der Waals surface area contributed by atoms with Crippen molar-refractivity contribution in [1.82, 2.24) is 14.9 Å². The minimum Gasteiger partial charge on any atom is -0.457 e. The molecule has 1 amide bonds. The number of nitrogens with two attached hydrogens (primary N) is 1. The number of carbonyl (C=O) groups is 1. The van der Waals surface area contributed by atoms with E-state index in [-0.39, 0.29) is 11.9 Å². The van der Waals surface area contributed by atoms with E-state index in [2.05, 4.69) is 27.9 Å². The Balaban J connectivity index is 1.48. The molecule has 1 aromatic heterocycles. The van der Waals surface area contributed by atoms with Crippen LogP contribution in [-0.2, 0) is 4.79 Å². The molecule has 0 radical (unpaired) electrons. The summed E-state index contributed by atoms with van der Waals surface area (Å²) in [4.78, 5) is 22.2. The Kier molecular flexibility index (Phi) is 6.51. The Morgan fingerprint density at radius 2 is 1.76 bits per heavy atom. The number of hydrogen-bond acceptors (Lipinski definition) is 7. The maximum Gasteiger partial charge on any atom is 0.245 e. The van der Waals surface area contributed by atoms with Crippen LogP contribution in [0.3, 0.4) is 0 Å². The fourth-order valence-electron chi connectivity index (χ4n) is 3.78. The van der Waals surface area contributed by atoms with Crippen LogP contribution in [-0.4, -0.2) is 39.9 Å². The predicted octanol–water partition coefficient (Wildman–Crippen LogP) is 3.98. The number of benzene rings is 2. The van der Waals surface area contributed by atoms with Gasteiger partial charge in [0.2, 0.25) is 5.91 Å². The number of nitriles is 1. The van der Waals surface area contributed by atoms with Gasteiger partial charge in [0, 0.05) is 19.1 Å². The number of ether oxygens (including phenoxy) is 1. The van der Waals surface area contributed by atoms with Gasteiger partial charge in [-0.15, -0.1) is 0 Å². The van der Waals surface area contributed by atoms with Gasteiger partial charge in [0.05, 0.1) is 17.2 Å². The van der Waals surface area contributed by atoms with Crippen molar-refractivity contribution in [2.75, 3.05) is 24.1 Å². The summed E-state index contributed by atoms with van der Waals surface area (Å²) in [6.45, 7) is 4.89. The molecule has 4 rings (SSSR count). The van der Waals surface area contributed by atoms with Gasteiger partial charge in [0.15, 0.2) is 0 Å². The van der Waals surface area contributed by atoms with Gasteiger partial charge >= 0.3 is 0 Å². The smallest absolute Gasteiger partial charge is 0.245 e. The Morgan fingerprint density at radius 1 is 1.12 bits per heavy atom. The van der Waals surface area contributed by atoms with Gasteiger partial charge in [0.25, 0.3) is 0 Å². The topological polar surface area (TPSA) is 117 Å². The van der Waals surface area contributed by atoms with E-state index >= 15 is 0 Å². The van der Waals surface area contributed by atoms with E-state index in [9.17, 15) is 4.79 Å². The number of amides is 1. The molecule has 8 heteroatoms. The van der Waals surface area contributed by atoms with E-state index in [1.165, 1.54) is 12.4 Å². The van der Waals surface area contributed by atoms with Crippen LogP contribution >= 0.6 is 0 Å². The summed E-state index contributed by atoms with van der Waals surface area (Å²) in [5, 5.41) is 12.4. The van der Waals surface area contributed by atoms with Crippen LogP contribution in [0.25, 0.3) is 11.1 Å². The monoisotopic (exact) mass is 440 g/mol. The number of hydrogen-bond donors (Lipinski definition) is 2. The Labute approximate surface area is 192 Å². The molecule has 1 saturated heterocycles. The Morgan fingerprint density at radius 3 is 2.36 bits per heavy atom. The number of anilines is 2. The van der Waals surface area contributed by atoms with Gasteiger partial charge in [-0.25, -0.2) is 9.97 Å². The zero-order chi connectivity index (χ0) is 23.2. The maximum absolute atomic E-state index is 11.8. The van der Waals surface area contributed by atoms with Crippen LogP contribution in [0.4, 0.5) is 11.6 Å².